The number of H-pyrrole nitrogens is 1. The van der Waals surface area contributed by atoms with Gasteiger partial charge < -0.3 is 0 Å². The normalized spacial score (nSPS) is 12.0. The van der Waals surface area contributed by atoms with Crippen molar-refractivity contribution in [1.29, 1.82) is 0 Å². The highest BCUT2D eigenvalue weighted by molar-refractivity contribution is 5.82. The third-order valence-electron chi connectivity index (χ3n) is 4.22. The minimum atomic E-state index is -3.39. The van der Waals surface area contributed by atoms with Crippen LogP contribution in [0.3, 0.4) is 0 Å². The van der Waals surface area contributed by atoms with Crippen molar-refractivity contribution < 1.29 is 13.2 Å². The fourth-order valence-corrected chi connectivity index (χ4v) is 2.87. The van der Waals surface area contributed by atoms with E-state index in [4.69, 9.17) is 0 Å². The van der Waals surface area contributed by atoms with E-state index in [1.165, 1.54) is 22.9 Å². The first-order chi connectivity index (χ1) is 12.5. The lowest BCUT2D eigenvalue weighted by Crippen LogP contribution is -2.17. The number of benzene rings is 2. The second-order valence-corrected chi connectivity index (χ2v) is 5.89. The van der Waals surface area contributed by atoms with Crippen molar-refractivity contribution in [2.75, 3.05) is 0 Å². The third-order valence-corrected chi connectivity index (χ3v) is 4.22. The van der Waals surface area contributed by atoms with Gasteiger partial charge in [0.15, 0.2) is 0 Å². The summed E-state index contributed by atoms with van der Waals surface area (Å²) in [5, 5.41) is 16.9. The highest BCUT2D eigenvalue weighted by Crippen LogP contribution is 2.35. The number of aromatic nitrogens is 6. The van der Waals surface area contributed by atoms with Crippen LogP contribution in [0, 0.1) is 12.7 Å². The van der Waals surface area contributed by atoms with E-state index in [1.54, 1.807) is 31.2 Å². The van der Waals surface area contributed by atoms with Crippen LogP contribution in [-0.4, -0.2) is 30.4 Å². The van der Waals surface area contributed by atoms with Crippen LogP contribution in [0.4, 0.5) is 13.2 Å². The number of nitrogens with zero attached hydrogens (tertiary/aromatic N) is 5. The van der Waals surface area contributed by atoms with Gasteiger partial charge >= 0.3 is 5.92 Å². The van der Waals surface area contributed by atoms with Gasteiger partial charge in [0.1, 0.15) is 5.82 Å². The van der Waals surface area contributed by atoms with Crippen molar-refractivity contribution in [3.63, 3.8) is 0 Å². The fourth-order valence-electron chi connectivity index (χ4n) is 2.87. The summed E-state index contributed by atoms with van der Waals surface area (Å²) < 4.78 is 44.7. The van der Waals surface area contributed by atoms with Crippen LogP contribution >= 0.6 is 0 Å². The standard InChI is InChI=1S/C17H13F3N6/c1-10-13-7-6-12(17(19,20)16-21-24-25-22-16)8-15(13)26(23-10)9-11-4-2-3-5-14(11)18/h2-8H,9H2,1H3,(H,21,22,24,25). The average Bonchev–Trinajstić information content (AvgIpc) is 3.26. The van der Waals surface area contributed by atoms with E-state index in [1.807, 2.05) is 0 Å². The smallest absolute Gasteiger partial charge is 0.260 e. The van der Waals surface area contributed by atoms with Crippen LogP contribution in [-0.2, 0) is 12.5 Å². The molecular weight excluding hydrogens is 345 g/mol. The van der Waals surface area contributed by atoms with Gasteiger partial charge in [0.2, 0.25) is 5.82 Å². The summed E-state index contributed by atoms with van der Waals surface area (Å²) in [4.78, 5) is 0. The molecule has 0 atom stereocenters. The van der Waals surface area contributed by atoms with Crippen LogP contribution in [0.25, 0.3) is 10.9 Å². The third kappa shape index (κ3) is 2.61. The zero-order chi connectivity index (χ0) is 18.3. The van der Waals surface area contributed by atoms with Gasteiger partial charge in [-0.25, -0.2) is 9.49 Å². The molecule has 26 heavy (non-hydrogen) atoms. The molecule has 0 amide bonds. The summed E-state index contributed by atoms with van der Waals surface area (Å²) in [5.74, 6) is -4.41. The Kier molecular flexibility index (Phi) is 3.71. The lowest BCUT2D eigenvalue weighted by molar-refractivity contribution is 0.0330. The van der Waals surface area contributed by atoms with Gasteiger partial charge in [-0.3, -0.25) is 4.68 Å². The number of fused-ring (bicyclic) bond motifs is 1. The first kappa shape index (κ1) is 16.2. The number of aryl methyl sites for hydroxylation is 1. The molecule has 4 rings (SSSR count). The van der Waals surface area contributed by atoms with E-state index < -0.39 is 11.7 Å². The van der Waals surface area contributed by atoms with Crippen LogP contribution in [0.2, 0.25) is 0 Å². The Morgan fingerprint density at radius 1 is 1.15 bits per heavy atom. The number of rotatable bonds is 4. The molecule has 0 saturated heterocycles. The largest absolute Gasteiger partial charge is 0.333 e. The zero-order valence-corrected chi connectivity index (χ0v) is 13.6. The van der Waals surface area contributed by atoms with Crippen LogP contribution in [0.5, 0.6) is 0 Å². The second kappa shape index (κ2) is 5.94. The molecule has 0 unspecified atom stereocenters. The monoisotopic (exact) mass is 358 g/mol. The van der Waals surface area contributed by atoms with Gasteiger partial charge in [0, 0.05) is 16.5 Å². The summed E-state index contributed by atoms with van der Waals surface area (Å²) in [6.07, 6.45) is 0. The lowest BCUT2D eigenvalue weighted by Gasteiger charge is -2.13. The van der Waals surface area contributed by atoms with Gasteiger partial charge in [-0.15, -0.1) is 5.10 Å². The van der Waals surface area contributed by atoms with E-state index in [-0.39, 0.29) is 17.9 Å². The average molecular weight is 358 g/mol. The maximum absolute atomic E-state index is 14.6. The summed E-state index contributed by atoms with van der Waals surface area (Å²) in [5.41, 5.74) is 1.30. The number of aromatic amines is 1. The number of hydrogen-bond donors (Lipinski definition) is 1. The predicted molar refractivity (Wildman–Crippen MR) is 87.1 cm³/mol. The first-order valence-corrected chi connectivity index (χ1v) is 7.80. The Morgan fingerprint density at radius 2 is 1.96 bits per heavy atom. The number of nitrogens with one attached hydrogen (secondary N) is 1. The molecule has 2 aromatic heterocycles. The van der Waals surface area contributed by atoms with E-state index in [2.05, 4.69) is 25.7 Å². The summed E-state index contributed by atoms with van der Waals surface area (Å²) >= 11 is 0. The molecule has 4 aromatic rings. The summed E-state index contributed by atoms with van der Waals surface area (Å²) in [6.45, 7) is 1.91. The summed E-state index contributed by atoms with van der Waals surface area (Å²) in [6, 6.07) is 10.5. The van der Waals surface area contributed by atoms with Crippen LogP contribution in [0.15, 0.2) is 42.5 Å². The Balaban J connectivity index is 1.81. The lowest BCUT2D eigenvalue weighted by atomic mass is 10.1. The maximum Gasteiger partial charge on any atom is 0.333 e. The minimum absolute atomic E-state index is 0.135. The number of tetrazole rings is 1. The Morgan fingerprint density at radius 3 is 2.69 bits per heavy atom. The van der Waals surface area contributed by atoms with Crippen molar-refractivity contribution in [2.24, 2.45) is 0 Å². The predicted octanol–water partition coefficient (Wildman–Crippen LogP) is 3.19. The quantitative estimate of drug-likeness (QED) is 0.608. The van der Waals surface area contributed by atoms with Crippen LogP contribution in [0.1, 0.15) is 22.6 Å². The van der Waals surface area contributed by atoms with Crippen molar-refractivity contribution in [3.8, 4) is 0 Å². The van der Waals surface area contributed by atoms with Crippen molar-refractivity contribution in [1.82, 2.24) is 30.4 Å². The van der Waals surface area contributed by atoms with E-state index >= 15 is 0 Å². The molecule has 0 aliphatic rings. The molecule has 0 bridgehead atoms. The van der Waals surface area contributed by atoms with E-state index in [0.29, 0.717) is 16.8 Å². The van der Waals surface area contributed by atoms with E-state index in [9.17, 15) is 13.2 Å². The van der Waals surface area contributed by atoms with Gasteiger partial charge in [-0.1, -0.05) is 30.3 Å². The fraction of sp³-hybridized carbons (Fsp3) is 0.176. The molecular formula is C17H13F3N6. The molecule has 132 valence electrons. The topological polar surface area (TPSA) is 72.3 Å². The first-order valence-electron chi connectivity index (χ1n) is 7.80. The highest BCUT2D eigenvalue weighted by Gasteiger charge is 2.38. The molecule has 0 saturated carbocycles. The molecule has 2 aromatic carbocycles. The van der Waals surface area contributed by atoms with Crippen molar-refractivity contribution in [3.05, 3.63) is 70.9 Å². The maximum atomic E-state index is 14.6. The molecule has 0 aliphatic heterocycles. The van der Waals surface area contributed by atoms with Gasteiger partial charge in [-0.05, 0) is 29.5 Å². The van der Waals surface area contributed by atoms with Gasteiger partial charge in [0.25, 0.3) is 0 Å². The number of hydrogen-bond acceptors (Lipinski definition) is 4. The molecule has 9 heteroatoms. The Bertz CT molecular complexity index is 1070. The summed E-state index contributed by atoms with van der Waals surface area (Å²) in [7, 11) is 0. The number of alkyl halides is 2. The highest BCUT2D eigenvalue weighted by atomic mass is 19.3. The number of halogens is 3. The molecule has 2 heterocycles. The van der Waals surface area contributed by atoms with Gasteiger partial charge in [0.05, 0.1) is 17.8 Å². The second-order valence-electron chi connectivity index (χ2n) is 5.89. The SMILES string of the molecule is Cc1nn(Cc2ccccc2F)c2cc(C(F)(F)c3nnn[nH]3)ccc12. The Labute approximate surface area is 145 Å². The van der Waals surface area contributed by atoms with Crippen molar-refractivity contribution >= 4 is 10.9 Å². The minimum Gasteiger partial charge on any atom is -0.260 e. The molecule has 0 radical (unpaired) electrons. The van der Waals surface area contributed by atoms with E-state index in [0.717, 1.165) is 5.39 Å². The molecule has 0 aliphatic carbocycles. The molecule has 1 N–H and O–H groups in total. The molecule has 0 fully saturated rings. The Hall–Kier alpha value is -3.23. The molecule has 0 spiro atoms. The molecule has 6 nitrogen and oxygen atoms in total. The zero-order valence-electron chi connectivity index (χ0n) is 13.6. The van der Waals surface area contributed by atoms with Crippen molar-refractivity contribution in [2.45, 2.75) is 19.4 Å². The van der Waals surface area contributed by atoms with Crippen LogP contribution < -0.4 is 0 Å². The van der Waals surface area contributed by atoms with Gasteiger partial charge in [-0.2, -0.15) is 13.9 Å².